The molecule has 0 aliphatic carbocycles. The van der Waals surface area contributed by atoms with E-state index >= 15 is 0 Å². The van der Waals surface area contributed by atoms with Gasteiger partial charge >= 0.3 is 0 Å². The van der Waals surface area contributed by atoms with Crippen molar-refractivity contribution in [3.8, 4) is 5.75 Å². The van der Waals surface area contributed by atoms with Crippen molar-refractivity contribution in [3.05, 3.63) is 29.8 Å². The first-order chi connectivity index (χ1) is 9.27. The van der Waals surface area contributed by atoms with E-state index in [1.54, 1.807) is 31.4 Å². The SMILES string of the molecule is CCNCCNC(=O)c1ccc(OCCOC)cc1. The summed E-state index contributed by atoms with van der Waals surface area (Å²) in [6.07, 6.45) is 0. The number of carbonyl (C=O) groups is 1. The van der Waals surface area contributed by atoms with Crippen molar-refractivity contribution in [1.82, 2.24) is 10.6 Å². The third kappa shape index (κ3) is 6.22. The standard InChI is InChI=1S/C14H22N2O3/c1-3-15-8-9-16-14(17)12-4-6-13(7-5-12)19-11-10-18-2/h4-7,15H,3,8-11H2,1-2H3,(H,16,17). The second-order valence-electron chi connectivity index (χ2n) is 3.98. The van der Waals surface area contributed by atoms with Crippen LogP contribution in [0, 0.1) is 0 Å². The molecule has 5 nitrogen and oxygen atoms in total. The van der Waals surface area contributed by atoms with Crippen LogP contribution in [0.5, 0.6) is 5.75 Å². The van der Waals surface area contributed by atoms with Crippen LogP contribution in [0.25, 0.3) is 0 Å². The molecule has 0 saturated carbocycles. The Bertz CT molecular complexity index is 365. The third-order valence-corrected chi connectivity index (χ3v) is 2.51. The maximum Gasteiger partial charge on any atom is 0.251 e. The van der Waals surface area contributed by atoms with Gasteiger partial charge in [0.05, 0.1) is 6.61 Å². The molecule has 1 aromatic rings. The number of hydrogen-bond donors (Lipinski definition) is 2. The highest BCUT2D eigenvalue weighted by Gasteiger charge is 2.04. The van der Waals surface area contributed by atoms with Gasteiger partial charge in [-0.1, -0.05) is 6.92 Å². The van der Waals surface area contributed by atoms with Gasteiger partial charge in [0.25, 0.3) is 5.91 Å². The molecule has 0 aliphatic rings. The second kappa shape index (κ2) is 9.35. The molecule has 1 amide bonds. The van der Waals surface area contributed by atoms with Gasteiger partial charge in [-0.3, -0.25) is 4.79 Å². The summed E-state index contributed by atoms with van der Waals surface area (Å²) in [7, 11) is 1.63. The maximum absolute atomic E-state index is 11.8. The van der Waals surface area contributed by atoms with Crippen molar-refractivity contribution in [1.29, 1.82) is 0 Å². The van der Waals surface area contributed by atoms with Gasteiger partial charge in [-0.15, -0.1) is 0 Å². The van der Waals surface area contributed by atoms with E-state index in [1.807, 2.05) is 6.92 Å². The van der Waals surface area contributed by atoms with Crippen molar-refractivity contribution in [2.45, 2.75) is 6.92 Å². The molecule has 5 heteroatoms. The fourth-order valence-corrected chi connectivity index (χ4v) is 1.49. The Morgan fingerprint density at radius 2 is 1.89 bits per heavy atom. The Morgan fingerprint density at radius 1 is 1.16 bits per heavy atom. The van der Waals surface area contributed by atoms with Crippen molar-refractivity contribution in [3.63, 3.8) is 0 Å². The number of benzene rings is 1. The summed E-state index contributed by atoms with van der Waals surface area (Å²) < 4.78 is 10.3. The second-order valence-corrected chi connectivity index (χ2v) is 3.98. The van der Waals surface area contributed by atoms with E-state index in [1.165, 1.54) is 0 Å². The molecule has 2 N–H and O–H groups in total. The molecule has 0 atom stereocenters. The van der Waals surface area contributed by atoms with Crippen LogP contribution >= 0.6 is 0 Å². The molecule has 0 bridgehead atoms. The molecule has 0 aliphatic heterocycles. The van der Waals surface area contributed by atoms with Crippen molar-refractivity contribution in [2.24, 2.45) is 0 Å². The van der Waals surface area contributed by atoms with Gasteiger partial charge in [-0.25, -0.2) is 0 Å². The molecule has 1 rings (SSSR count). The Morgan fingerprint density at radius 3 is 2.53 bits per heavy atom. The number of ether oxygens (including phenoxy) is 2. The number of rotatable bonds is 9. The highest BCUT2D eigenvalue weighted by molar-refractivity contribution is 5.94. The number of carbonyl (C=O) groups excluding carboxylic acids is 1. The first-order valence-electron chi connectivity index (χ1n) is 6.48. The lowest BCUT2D eigenvalue weighted by molar-refractivity contribution is 0.0954. The summed E-state index contributed by atoms with van der Waals surface area (Å²) in [6, 6.07) is 7.08. The van der Waals surface area contributed by atoms with Crippen LogP contribution in [0.1, 0.15) is 17.3 Å². The van der Waals surface area contributed by atoms with Gasteiger partial charge in [0, 0.05) is 25.8 Å². The average molecular weight is 266 g/mol. The lowest BCUT2D eigenvalue weighted by Crippen LogP contribution is -2.31. The Hall–Kier alpha value is -1.59. The fraction of sp³-hybridized carbons (Fsp3) is 0.500. The van der Waals surface area contributed by atoms with E-state index in [-0.39, 0.29) is 5.91 Å². The summed E-state index contributed by atoms with van der Waals surface area (Å²) in [6.45, 7) is 5.39. The molecule has 0 heterocycles. The van der Waals surface area contributed by atoms with E-state index in [0.717, 1.165) is 18.8 Å². The van der Waals surface area contributed by atoms with Crippen molar-refractivity contribution >= 4 is 5.91 Å². The fourth-order valence-electron chi connectivity index (χ4n) is 1.49. The molecule has 0 spiro atoms. The summed E-state index contributed by atoms with van der Waals surface area (Å²) >= 11 is 0. The van der Waals surface area contributed by atoms with E-state index in [0.29, 0.717) is 25.3 Å². The van der Waals surface area contributed by atoms with Crippen LogP contribution in [-0.4, -0.2) is 45.9 Å². The predicted molar refractivity (Wildman–Crippen MR) is 74.7 cm³/mol. The van der Waals surface area contributed by atoms with Crippen LogP contribution in [0.4, 0.5) is 0 Å². The van der Waals surface area contributed by atoms with Gasteiger partial charge in [-0.05, 0) is 30.8 Å². The normalized spacial score (nSPS) is 10.2. The Kier molecular flexibility index (Phi) is 7.62. The number of likely N-dealkylation sites (N-methyl/N-ethyl adjacent to an activating group) is 1. The van der Waals surface area contributed by atoms with E-state index < -0.39 is 0 Å². The molecule has 0 radical (unpaired) electrons. The summed E-state index contributed by atoms with van der Waals surface area (Å²) in [5.74, 6) is 0.669. The quantitative estimate of drug-likeness (QED) is 0.656. The summed E-state index contributed by atoms with van der Waals surface area (Å²) in [4.78, 5) is 11.8. The van der Waals surface area contributed by atoms with Crippen LogP contribution < -0.4 is 15.4 Å². The molecular formula is C14H22N2O3. The lowest BCUT2D eigenvalue weighted by atomic mass is 10.2. The molecule has 1 aromatic carbocycles. The van der Waals surface area contributed by atoms with Crippen molar-refractivity contribution in [2.75, 3.05) is 40.0 Å². The first kappa shape index (κ1) is 15.5. The van der Waals surface area contributed by atoms with Gasteiger partial charge in [0.1, 0.15) is 12.4 Å². The van der Waals surface area contributed by atoms with E-state index in [2.05, 4.69) is 10.6 Å². The molecule has 19 heavy (non-hydrogen) atoms. The molecule has 0 unspecified atom stereocenters. The van der Waals surface area contributed by atoms with Crippen LogP contribution in [0.3, 0.4) is 0 Å². The van der Waals surface area contributed by atoms with Gasteiger partial charge in [0.15, 0.2) is 0 Å². The molecular weight excluding hydrogens is 244 g/mol. The van der Waals surface area contributed by atoms with Crippen LogP contribution in [0.15, 0.2) is 24.3 Å². The zero-order chi connectivity index (χ0) is 13.9. The molecule has 0 aromatic heterocycles. The average Bonchev–Trinajstić information content (AvgIpc) is 2.44. The minimum atomic E-state index is -0.0682. The Labute approximate surface area is 114 Å². The van der Waals surface area contributed by atoms with Gasteiger partial charge in [-0.2, -0.15) is 0 Å². The number of hydrogen-bond acceptors (Lipinski definition) is 4. The first-order valence-corrected chi connectivity index (χ1v) is 6.48. The van der Waals surface area contributed by atoms with E-state index in [4.69, 9.17) is 9.47 Å². The predicted octanol–water partition coefficient (Wildman–Crippen LogP) is 1.05. The van der Waals surface area contributed by atoms with Crippen molar-refractivity contribution < 1.29 is 14.3 Å². The molecule has 0 fully saturated rings. The summed E-state index contributed by atoms with van der Waals surface area (Å²) in [5.41, 5.74) is 0.635. The minimum Gasteiger partial charge on any atom is -0.491 e. The van der Waals surface area contributed by atoms with Crippen LogP contribution in [-0.2, 0) is 4.74 Å². The lowest BCUT2D eigenvalue weighted by Gasteiger charge is -2.07. The largest absolute Gasteiger partial charge is 0.491 e. The van der Waals surface area contributed by atoms with Gasteiger partial charge < -0.3 is 20.1 Å². The topological polar surface area (TPSA) is 59.6 Å². The third-order valence-electron chi connectivity index (χ3n) is 2.51. The van der Waals surface area contributed by atoms with E-state index in [9.17, 15) is 4.79 Å². The zero-order valence-corrected chi connectivity index (χ0v) is 11.6. The Balaban J connectivity index is 2.35. The van der Waals surface area contributed by atoms with Gasteiger partial charge in [0.2, 0.25) is 0 Å². The number of amides is 1. The minimum absolute atomic E-state index is 0.0682. The zero-order valence-electron chi connectivity index (χ0n) is 11.6. The molecule has 106 valence electrons. The molecule has 0 saturated heterocycles. The van der Waals surface area contributed by atoms with Crippen LogP contribution in [0.2, 0.25) is 0 Å². The summed E-state index contributed by atoms with van der Waals surface area (Å²) in [5, 5.41) is 5.99. The monoisotopic (exact) mass is 266 g/mol. The highest BCUT2D eigenvalue weighted by Crippen LogP contribution is 2.11. The maximum atomic E-state index is 11.8. The smallest absolute Gasteiger partial charge is 0.251 e. The number of methoxy groups -OCH3 is 1. The highest BCUT2D eigenvalue weighted by atomic mass is 16.5. The number of nitrogens with one attached hydrogen (secondary N) is 2.